The van der Waals surface area contributed by atoms with Crippen molar-refractivity contribution in [3.05, 3.63) is 314 Å². The van der Waals surface area contributed by atoms with Gasteiger partial charge < -0.3 is 50.3 Å². The van der Waals surface area contributed by atoms with Crippen LogP contribution >= 0.6 is 110 Å². The topological polar surface area (TPSA) is 407 Å². The van der Waals surface area contributed by atoms with Crippen molar-refractivity contribution in [2.45, 2.75) is 19.3 Å². The van der Waals surface area contributed by atoms with Gasteiger partial charge in [0.15, 0.2) is 34.9 Å². The van der Waals surface area contributed by atoms with Gasteiger partial charge in [-0.1, -0.05) is 183 Å². The minimum atomic E-state index is -0.507. The van der Waals surface area contributed by atoms with Gasteiger partial charge in [-0.05, 0) is 147 Å². The standard InChI is InChI=1S/C16H16BrClFN5O.C16H11BrClN3O.C16H13N3O.C15H15BrClFN6O.C15H14BrClFN5O2.C15H12N4/c17-11-6-10(14(25)12(18)7-11)8-21-23-16-20-9-13(19)15(22-16)24-4-2-1-3-5-24;17-12-7-11(16(22)13(18)8-12)9-19-21-15-6-5-10-3-1-2-4-14(10)20-15;20-15-8-4-2-6-13(15)11-17-19-16-10-9-12-5-1-3-7-14(12)18-16;16-10-5-9(13(25)11(17)6-10)7-21-23-15-20-8-12(18)14(22-15)24-3-1-19-2-4-24;16-10-5-9(13(24)11(17)6-10)7-20-22-15-19-8-12(18)14(21-15)23-1-3-25-4-2-23;1-2-7-14-12(5-1)8-9-15(18-14)19-17-11-13-6-3-4-10-16-13/h6-9,25H,1-5H2,(H,20,22,23);1-9,22H,(H,20,21);1-11,20H,(H,18,19);5-8,19,25H,1-4H2,(H,20,22,23);5-8,24H,1-4H2,(H,19,21,22);1-11H,(H,18,19)/b21-8+;19-9+;17-11+;21-7+;20-7+;17-11+. The summed E-state index contributed by atoms with van der Waals surface area (Å²) in [6.07, 6.45) is 17.1. The maximum Gasteiger partial charge on any atom is 0.245 e. The fraction of sp³-hybridized carbons (Fsp3) is 0.140. The first-order valence-corrected chi connectivity index (χ1v) is 46.0. The Morgan fingerprint density at radius 1 is 0.346 bits per heavy atom. The number of piperazine rings is 1. The fourth-order valence-electron chi connectivity index (χ4n) is 12.8. The third kappa shape index (κ3) is 29.7. The Hall–Kier alpha value is -13.6. The molecule has 0 atom stereocenters. The molecule has 696 valence electrons. The number of hydrogen-bond acceptors (Lipinski definition) is 32. The molecular weight excluding hydrogens is 2100 g/mol. The average molecular weight is 2180 g/mol. The highest BCUT2D eigenvalue weighted by Crippen LogP contribution is 2.35. The summed E-state index contributed by atoms with van der Waals surface area (Å²) in [5, 5.41) is 80.8. The molecule has 0 bridgehead atoms. The van der Waals surface area contributed by atoms with Crippen LogP contribution in [-0.2, 0) is 4.74 Å². The minimum Gasteiger partial charge on any atom is -0.507 e. The Morgan fingerprint density at radius 3 is 1.05 bits per heavy atom. The molecular formula is C93H81Br4Cl4F3N26O6. The number of hydrogen-bond donors (Lipinski definition) is 12. The van der Waals surface area contributed by atoms with Gasteiger partial charge in [-0.2, -0.15) is 45.6 Å². The van der Waals surface area contributed by atoms with Gasteiger partial charge in [0.05, 0.1) is 111 Å². The van der Waals surface area contributed by atoms with E-state index >= 15 is 0 Å². The summed E-state index contributed by atoms with van der Waals surface area (Å²) in [5.74, 6) is 1.68. The molecule has 3 saturated heterocycles. The molecule has 3 fully saturated rings. The van der Waals surface area contributed by atoms with E-state index in [1.54, 1.807) is 90.3 Å². The van der Waals surface area contributed by atoms with E-state index in [0.717, 1.165) is 107 Å². The van der Waals surface area contributed by atoms with Crippen molar-refractivity contribution in [3.8, 4) is 28.7 Å². The molecule has 8 aromatic carbocycles. The second kappa shape index (κ2) is 50.6. The summed E-state index contributed by atoms with van der Waals surface area (Å²) in [6.45, 7) is 6.59. The van der Waals surface area contributed by atoms with Gasteiger partial charge >= 0.3 is 0 Å². The van der Waals surface area contributed by atoms with Gasteiger partial charge in [-0.25, -0.2) is 59.4 Å². The average Bonchev–Trinajstić information content (AvgIpc) is 0.865. The number of aromatic hydroxyl groups is 5. The van der Waals surface area contributed by atoms with Gasteiger partial charge in [0.1, 0.15) is 46.2 Å². The number of halogens is 11. The minimum absolute atomic E-state index is 0.0121. The van der Waals surface area contributed by atoms with Crippen LogP contribution < -0.4 is 52.6 Å². The number of morpholine rings is 1. The van der Waals surface area contributed by atoms with E-state index in [4.69, 9.17) is 51.1 Å². The predicted molar refractivity (Wildman–Crippen MR) is 548 cm³/mol. The second-order valence-electron chi connectivity index (χ2n) is 29.0. The van der Waals surface area contributed by atoms with E-state index in [2.05, 4.69) is 182 Å². The maximum atomic E-state index is 14.0. The van der Waals surface area contributed by atoms with Crippen LogP contribution in [0.15, 0.2) is 273 Å². The van der Waals surface area contributed by atoms with Crippen molar-refractivity contribution in [1.29, 1.82) is 0 Å². The van der Waals surface area contributed by atoms with Crippen molar-refractivity contribution < 1.29 is 43.4 Å². The van der Waals surface area contributed by atoms with Crippen LogP contribution in [0.2, 0.25) is 20.1 Å². The molecule has 0 aliphatic carbocycles. The van der Waals surface area contributed by atoms with Crippen molar-refractivity contribution in [3.63, 3.8) is 0 Å². The number of ether oxygens (including phenoxy) is 1. The number of para-hydroxylation sites is 4. The quantitative estimate of drug-likeness (QED) is 0.0235. The van der Waals surface area contributed by atoms with Crippen LogP contribution in [0.5, 0.6) is 28.7 Å². The Kier molecular flexibility index (Phi) is 37.2. The molecule has 3 aliphatic heterocycles. The first-order valence-electron chi connectivity index (χ1n) is 41.3. The Labute approximate surface area is 830 Å². The van der Waals surface area contributed by atoms with Crippen LogP contribution in [0.3, 0.4) is 0 Å². The smallest absolute Gasteiger partial charge is 0.245 e. The zero-order chi connectivity index (χ0) is 95.7. The van der Waals surface area contributed by atoms with Crippen molar-refractivity contribution in [1.82, 2.24) is 55.2 Å². The molecule has 0 spiro atoms. The molecule has 0 amide bonds. The number of rotatable bonds is 21. The molecule has 32 nitrogen and oxygen atoms in total. The summed E-state index contributed by atoms with van der Waals surface area (Å²) in [5.41, 5.74) is 22.5. The summed E-state index contributed by atoms with van der Waals surface area (Å²) < 4.78 is 50.1. The highest BCUT2D eigenvalue weighted by molar-refractivity contribution is 9.11. The normalized spacial score (nSPS) is 13.2. The summed E-state index contributed by atoms with van der Waals surface area (Å²) >= 11 is 36.8. The fourth-order valence-corrected chi connectivity index (χ4v) is 16.1. The molecule has 3 aliphatic rings. The first kappa shape index (κ1) is 99.9. The third-order valence-corrected chi connectivity index (χ3v) is 22.4. The van der Waals surface area contributed by atoms with Gasteiger partial charge in [0, 0.05) is 120 Å². The highest BCUT2D eigenvalue weighted by Gasteiger charge is 2.22. The van der Waals surface area contributed by atoms with Crippen molar-refractivity contribution in [2.24, 2.45) is 30.6 Å². The number of pyridine rings is 4. The number of aromatic nitrogens is 10. The number of nitrogens with one attached hydrogen (secondary N) is 7. The van der Waals surface area contributed by atoms with Crippen LogP contribution in [0, 0.1) is 17.5 Å². The highest BCUT2D eigenvalue weighted by atomic mass is 79.9. The number of phenolic OH excluding ortho intramolecular Hbond substituents is 5. The van der Waals surface area contributed by atoms with Crippen molar-refractivity contribution >= 4 is 233 Å². The number of anilines is 9. The maximum absolute atomic E-state index is 14.0. The number of phenols is 5. The Bertz CT molecular complexity index is 6510. The van der Waals surface area contributed by atoms with E-state index in [9.17, 15) is 38.7 Å². The number of fused-ring (bicyclic) bond motifs is 3. The number of nitrogens with zero attached hydrogens (tertiary/aromatic N) is 19. The van der Waals surface area contributed by atoms with Gasteiger partial charge in [-0.15, -0.1) is 0 Å². The Morgan fingerprint density at radius 2 is 0.676 bits per heavy atom. The summed E-state index contributed by atoms with van der Waals surface area (Å²) in [4.78, 5) is 47.2. The second-order valence-corrected chi connectivity index (χ2v) is 34.3. The number of piperidine rings is 1. The number of benzene rings is 8. The van der Waals surface area contributed by atoms with E-state index in [1.807, 2.05) is 143 Å². The van der Waals surface area contributed by atoms with E-state index in [0.29, 0.717) is 98.1 Å². The molecule has 0 radical (unpaired) electrons. The molecule has 7 aromatic heterocycles. The zero-order valence-corrected chi connectivity index (χ0v) is 80.7. The van der Waals surface area contributed by atoms with E-state index < -0.39 is 17.5 Å². The predicted octanol–water partition coefficient (Wildman–Crippen LogP) is 21.1. The first-order chi connectivity index (χ1) is 66.0. The zero-order valence-electron chi connectivity index (χ0n) is 71.3. The van der Waals surface area contributed by atoms with Crippen LogP contribution in [0.4, 0.5) is 65.9 Å². The molecule has 0 unspecified atom stereocenters. The lowest BCUT2D eigenvalue weighted by Crippen LogP contribution is -2.44. The third-order valence-electron chi connectivity index (χ3n) is 19.5. The molecule has 18 rings (SSSR count). The van der Waals surface area contributed by atoms with Gasteiger partial charge in [0.25, 0.3) is 0 Å². The van der Waals surface area contributed by atoms with Crippen LogP contribution in [0.25, 0.3) is 32.7 Å². The van der Waals surface area contributed by atoms with Crippen LogP contribution in [-0.4, -0.2) is 178 Å². The largest absolute Gasteiger partial charge is 0.507 e. The summed E-state index contributed by atoms with van der Waals surface area (Å²) in [7, 11) is 0. The Balaban J connectivity index is 0.000000138. The number of hydrazone groups is 6. The summed E-state index contributed by atoms with van der Waals surface area (Å²) in [6, 6.07) is 61.0. The van der Waals surface area contributed by atoms with Gasteiger partial charge in [0.2, 0.25) is 17.8 Å². The van der Waals surface area contributed by atoms with Crippen molar-refractivity contribution in [2.75, 3.05) is 113 Å². The van der Waals surface area contributed by atoms with E-state index in [1.165, 1.54) is 24.9 Å². The monoisotopic (exact) mass is 2170 g/mol. The lowest BCUT2D eigenvalue weighted by Gasteiger charge is -2.28. The molecule has 10 heterocycles. The SMILES string of the molecule is C(=N\Nc1ccc2ccccc2n1)/c1ccccn1.Oc1c(Cl)cc(Br)cc1/C=N/Nc1ccc2ccccc2n1.Oc1c(Cl)cc(Br)cc1/C=N/Nc1ncc(F)c(N2CCCCC2)n1.Oc1c(Cl)cc(Br)cc1/C=N/Nc1ncc(F)c(N2CCNCC2)n1.Oc1c(Cl)cc(Br)cc1/C=N/Nc1ncc(F)c(N2CCOCC2)n1.Oc1ccccc1/C=N/Nc1ccc2ccccc2n1. The van der Waals surface area contributed by atoms with E-state index in [-0.39, 0.29) is 84.1 Å². The lowest BCUT2D eigenvalue weighted by molar-refractivity contribution is 0.122. The molecule has 0 saturated carbocycles. The molecule has 136 heavy (non-hydrogen) atoms. The molecule has 12 N–H and O–H groups in total. The van der Waals surface area contributed by atoms with Crippen LogP contribution in [0.1, 0.15) is 52.8 Å². The molecule has 43 heteroatoms. The molecule has 15 aromatic rings. The van der Waals surface area contributed by atoms with Gasteiger partial charge in [-0.3, -0.25) is 21.3 Å². The lowest BCUT2D eigenvalue weighted by atomic mass is 10.1.